The van der Waals surface area contributed by atoms with Gasteiger partial charge in [0, 0.05) is 23.0 Å². The molecule has 0 aliphatic rings. The molecule has 0 aliphatic heterocycles. The van der Waals surface area contributed by atoms with Crippen LogP contribution < -0.4 is 11.1 Å². The van der Waals surface area contributed by atoms with Crippen molar-refractivity contribution in [3.05, 3.63) is 77.7 Å². The van der Waals surface area contributed by atoms with Crippen LogP contribution in [0.3, 0.4) is 0 Å². The molecule has 3 N–H and O–H groups in total. The molecule has 0 spiro atoms. The molecule has 0 aliphatic carbocycles. The number of rotatable bonds is 6. The quantitative estimate of drug-likeness (QED) is 0.447. The summed E-state index contributed by atoms with van der Waals surface area (Å²) < 4.78 is 6.79. The highest BCUT2D eigenvalue weighted by atomic mass is 16.3. The maximum Gasteiger partial charge on any atom is 0.277 e. The maximum atomic E-state index is 12.7. The van der Waals surface area contributed by atoms with Crippen LogP contribution in [0.25, 0.3) is 17.1 Å². The molecule has 0 atom stereocenters. The molecule has 0 unspecified atom stereocenters. The standard InChI is InChI=1S/C22H18N6O4/c1-12-9-15(7-8-24-12)22-26-18(11-32-22)21(31)25-17-10-28(27-19(17)20(23)30)16-5-3-14(4-6-16)13(2)29/h3-11H,1-2H3,(H2,23,30)(H,25,31). The highest BCUT2D eigenvalue weighted by molar-refractivity contribution is 6.07. The largest absolute Gasteiger partial charge is 0.444 e. The van der Waals surface area contributed by atoms with Gasteiger partial charge in [-0.1, -0.05) is 0 Å². The second-order valence-corrected chi connectivity index (χ2v) is 6.98. The van der Waals surface area contributed by atoms with Gasteiger partial charge in [0.1, 0.15) is 6.26 Å². The molecule has 10 nitrogen and oxygen atoms in total. The molecule has 4 rings (SSSR count). The molecule has 3 aromatic heterocycles. The highest BCUT2D eigenvalue weighted by Gasteiger charge is 2.20. The fourth-order valence-corrected chi connectivity index (χ4v) is 3.00. The topological polar surface area (TPSA) is 146 Å². The number of aryl methyl sites for hydroxylation is 1. The normalized spacial score (nSPS) is 10.7. The number of carbonyl (C=O) groups is 3. The van der Waals surface area contributed by atoms with Crippen molar-refractivity contribution >= 4 is 23.3 Å². The zero-order valence-corrected chi connectivity index (χ0v) is 17.2. The number of amides is 2. The van der Waals surface area contributed by atoms with Gasteiger partial charge < -0.3 is 15.5 Å². The van der Waals surface area contributed by atoms with Crippen LogP contribution in [0, 0.1) is 6.92 Å². The van der Waals surface area contributed by atoms with Crippen molar-refractivity contribution in [2.75, 3.05) is 5.32 Å². The van der Waals surface area contributed by atoms with Gasteiger partial charge in [-0.25, -0.2) is 9.67 Å². The second kappa shape index (κ2) is 8.26. The van der Waals surface area contributed by atoms with Crippen LogP contribution in [-0.4, -0.2) is 37.3 Å². The lowest BCUT2D eigenvalue weighted by atomic mass is 10.1. The first-order chi connectivity index (χ1) is 15.3. The molecule has 3 heterocycles. The van der Waals surface area contributed by atoms with Gasteiger partial charge >= 0.3 is 0 Å². The van der Waals surface area contributed by atoms with Crippen molar-refractivity contribution in [2.45, 2.75) is 13.8 Å². The minimum Gasteiger partial charge on any atom is -0.444 e. The van der Waals surface area contributed by atoms with E-state index in [1.807, 2.05) is 6.92 Å². The van der Waals surface area contributed by atoms with Crippen LogP contribution in [0.2, 0.25) is 0 Å². The first kappa shape index (κ1) is 20.7. The van der Waals surface area contributed by atoms with Crippen molar-refractivity contribution in [3.8, 4) is 17.1 Å². The summed E-state index contributed by atoms with van der Waals surface area (Å²) >= 11 is 0. The van der Waals surface area contributed by atoms with E-state index in [0.29, 0.717) is 16.8 Å². The number of primary amides is 1. The molecule has 2 amide bonds. The Morgan fingerprint density at radius 3 is 2.53 bits per heavy atom. The van der Waals surface area contributed by atoms with E-state index in [2.05, 4.69) is 20.4 Å². The molecule has 0 saturated carbocycles. The Balaban J connectivity index is 1.59. The van der Waals surface area contributed by atoms with Crippen molar-refractivity contribution in [1.29, 1.82) is 0 Å². The highest BCUT2D eigenvalue weighted by Crippen LogP contribution is 2.21. The van der Waals surface area contributed by atoms with Gasteiger partial charge in [0.25, 0.3) is 11.8 Å². The smallest absolute Gasteiger partial charge is 0.277 e. The lowest BCUT2D eigenvalue weighted by Gasteiger charge is -2.02. The fourth-order valence-electron chi connectivity index (χ4n) is 3.00. The van der Waals surface area contributed by atoms with E-state index in [1.165, 1.54) is 24.1 Å². The Bertz CT molecular complexity index is 1340. The number of Topliss-reactive ketones (excluding diaryl/α,β-unsaturated/α-hetero) is 1. The molecule has 4 aromatic rings. The monoisotopic (exact) mass is 430 g/mol. The number of nitrogens with one attached hydrogen (secondary N) is 1. The number of hydrogen-bond acceptors (Lipinski definition) is 7. The summed E-state index contributed by atoms with van der Waals surface area (Å²) in [4.78, 5) is 44.3. The number of anilines is 1. The average Bonchev–Trinajstić information content (AvgIpc) is 3.42. The van der Waals surface area contributed by atoms with Gasteiger partial charge in [-0.3, -0.25) is 19.4 Å². The van der Waals surface area contributed by atoms with E-state index < -0.39 is 11.8 Å². The van der Waals surface area contributed by atoms with Gasteiger partial charge in [0.15, 0.2) is 17.2 Å². The molecular formula is C22H18N6O4. The number of oxazole rings is 1. The van der Waals surface area contributed by atoms with E-state index in [1.54, 1.807) is 42.6 Å². The third-order valence-electron chi connectivity index (χ3n) is 4.61. The molecular weight excluding hydrogens is 412 g/mol. The number of nitrogens with two attached hydrogens (primary N) is 1. The van der Waals surface area contributed by atoms with Gasteiger partial charge in [-0.05, 0) is 50.2 Å². The van der Waals surface area contributed by atoms with E-state index in [0.717, 1.165) is 5.69 Å². The van der Waals surface area contributed by atoms with Gasteiger partial charge in [0.05, 0.1) is 17.6 Å². The maximum absolute atomic E-state index is 12.7. The van der Waals surface area contributed by atoms with Crippen LogP contribution in [0.15, 0.2) is 59.5 Å². The zero-order valence-electron chi connectivity index (χ0n) is 17.2. The van der Waals surface area contributed by atoms with E-state index in [4.69, 9.17) is 10.2 Å². The second-order valence-electron chi connectivity index (χ2n) is 6.98. The minimum atomic E-state index is -0.812. The van der Waals surface area contributed by atoms with Crippen LogP contribution in [0.5, 0.6) is 0 Å². The van der Waals surface area contributed by atoms with Gasteiger partial charge in [0.2, 0.25) is 5.89 Å². The van der Waals surface area contributed by atoms with Crippen molar-refractivity contribution in [2.24, 2.45) is 5.73 Å². The van der Waals surface area contributed by atoms with Gasteiger partial charge in [-0.15, -0.1) is 0 Å². The Morgan fingerprint density at radius 2 is 1.88 bits per heavy atom. The zero-order chi connectivity index (χ0) is 22.8. The third-order valence-corrected chi connectivity index (χ3v) is 4.61. The number of benzene rings is 1. The third kappa shape index (κ3) is 4.15. The number of carbonyl (C=O) groups excluding carboxylic acids is 3. The summed E-state index contributed by atoms with van der Waals surface area (Å²) in [6.07, 6.45) is 4.29. The Hall–Kier alpha value is -4.60. The number of nitrogens with zero attached hydrogens (tertiary/aromatic N) is 4. The summed E-state index contributed by atoms with van der Waals surface area (Å²) in [6, 6.07) is 10.1. The number of ketones is 1. The van der Waals surface area contributed by atoms with E-state index >= 15 is 0 Å². The van der Waals surface area contributed by atoms with Crippen molar-refractivity contribution in [1.82, 2.24) is 19.7 Å². The first-order valence-electron chi connectivity index (χ1n) is 9.52. The van der Waals surface area contributed by atoms with Crippen LogP contribution in [-0.2, 0) is 0 Å². The van der Waals surface area contributed by atoms with Crippen LogP contribution in [0.4, 0.5) is 5.69 Å². The summed E-state index contributed by atoms with van der Waals surface area (Å²) in [7, 11) is 0. The number of pyridine rings is 1. The Labute approximate surface area is 182 Å². The molecule has 0 fully saturated rings. The molecule has 1 aromatic carbocycles. The summed E-state index contributed by atoms with van der Waals surface area (Å²) in [5, 5.41) is 6.75. The molecule has 10 heteroatoms. The first-order valence-corrected chi connectivity index (χ1v) is 9.52. The summed E-state index contributed by atoms with van der Waals surface area (Å²) in [6.45, 7) is 3.30. The Kier molecular flexibility index (Phi) is 5.34. The molecule has 0 radical (unpaired) electrons. The predicted molar refractivity (Wildman–Crippen MR) is 115 cm³/mol. The van der Waals surface area contributed by atoms with Crippen molar-refractivity contribution < 1.29 is 18.8 Å². The molecule has 0 saturated heterocycles. The minimum absolute atomic E-state index is 0.0171. The molecule has 0 bridgehead atoms. The SMILES string of the molecule is CC(=O)c1ccc(-n2cc(NC(=O)c3coc(-c4ccnc(C)c4)n3)c(C(N)=O)n2)cc1. The van der Waals surface area contributed by atoms with Gasteiger partial charge in [-0.2, -0.15) is 5.10 Å². The summed E-state index contributed by atoms with van der Waals surface area (Å²) in [5.41, 5.74) is 8.01. The van der Waals surface area contributed by atoms with E-state index in [9.17, 15) is 14.4 Å². The number of hydrogen-bond donors (Lipinski definition) is 2. The van der Waals surface area contributed by atoms with Crippen molar-refractivity contribution in [3.63, 3.8) is 0 Å². The lowest BCUT2D eigenvalue weighted by molar-refractivity contribution is 0.0992. The lowest BCUT2D eigenvalue weighted by Crippen LogP contribution is -2.18. The van der Waals surface area contributed by atoms with E-state index in [-0.39, 0.29) is 28.7 Å². The summed E-state index contributed by atoms with van der Waals surface area (Å²) in [5.74, 6) is -1.22. The number of aromatic nitrogens is 4. The van der Waals surface area contributed by atoms with Crippen LogP contribution in [0.1, 0.15) is 44.0 Å². The molecule has 32 heavy (non-hydrogen) atoms. The average molecular weight is 430 g/mol. The van der Waals surface area contributed by atoms with Crippen LogP contribution >= 0.6 is 0 Å². The predicted octanol–water partition coefficient (Wildman–Crippen LogP) is 2.78. The molecule has 160 valence electrons. The fraction of sp³-hybridized carbons (Fsp3) is 0.0909. The Morgan fingerprint density at radius 1 is 1.12 bits per heavy atom.